The molecule has 1 heterocycles. The lowest BCUT2D eigenvalue weighted by Crippen LogP contribution is -2.29. The molecule has 4 rings (SSSR count). The number of nitrogens with zero attached hydrogens (tertiary/aromatic N) is 2. The van der Waals surface area contributed by atoms with E-state index in [9.17, 15) is 31.6 Å². The number of hydrogen-bond acceptors (Lipinski definition) is 6. The van der Waals surface area contributed by atoms with Crippen LogP contribution in [0.15, 0.2) is 71.6 Å². The van der Waals surface area contributed by atoms with Crippen LogP contribution in [-0.2, 0) is 16.0 Å². The van der Waals surface area contributed by atoms with Crippen LogP contribution >= 0.6 is 0 Å². The second kappa shape index (κ2) is 12.2. The number of anilines is 1. The van der Waals surface area contributed by atoms with Gasteiger partial charge in [-0.25, -0.2) is 12.8 Å². The van der Waals surface area contributed by atoms with Gasteiger partial charge in [0.2, 0.25) is 0 Å². The normalized spacial score (nSPS) is 16.2. The van der Waals surface area contributed by atoms with Crippen LogP contribution in [0.5, 0.6) is 5.75 Å². The van der Waals surface area contributed by atoms with Crippen molar-refractivity contribution >= 4 is 21.4 Å². The molecule has 1 fully saturated rings. The number of carbonyl (C=O) groups excluding carboxylic acids is 1. The molecule has 12 heteroatoms. The fraction of sp³-hybridized carbons (Fsp3) is 0.310. The van der Waals surface area contributed by atoms with E-state index in [0.717, 1.165) is 12.1 Å². The van der Waals surface area contributed by atoms with E-state index >= 15 is 4.39 Å². The topological polar surface area (TPSA) is 99.5 Å². The minimum atomic E-state index is -4.43. The monoisotopic (exact) mass is 589 g/mol. The second-order valence-electron chi connectivity index (χ2n) is 9.52. The van der Waals surface area contributed by atoms with Crippen LogP contribution in [0.1, 0.15) is 47.3 Å². The number of amides is 1. The summed E-state index contributed by atoms with van der Waals surface area (Å²) < 4.78 is 83.3. The highest BCUT2D eigenvalue weighted by Crippen LogP contribution is 2.31. The maximum absolute atomic E-state index is 15.1. The number of rotatable bonds is 9. The number of nitriles is 1. The van der Waals surface area contributed by atoms with Gasteiger partial charge in [0, 0.05) is 18.7 Å². The van der Waals surface area contributed by atoms with Gasteiger partial charge < -0.3 is 15.0 Å². The molecule has 0 radical (unpaired) electrons. The number of sulfone groups is 1. The highest BCUT2D eigenvalue weighted by molar-refractivity contribution is 7.91. The third-order valence-corrected chi connectivity index (χ3v) is 8.56. The quantitative estimate of drug-likeness (QED) is 0.323. The van der Waals surface area contributed by atoms with Gasteiger partial charge in [-0.2, -0.15) is 18.4 Å². The summed E-state index contributed by atoms with van der Waals surface area (Å²) in [6.45, 7) is 2.42. The second-order valence-corrected chi connectivity index (χ2v) is 11.8. The van der Waals surface area contributed by atoms with E-state index in [1.54, 1.807) is 6.07 Å². The van der Waals surface area contributed by atoms with E-state index in [1.807, 2.05) is 11.0 Å². The van der Waals surface area contributed by atoms with Gasteiger partial charge in [0.05, 0.1) is 46.9 Å². The Morgan fingerprint density at radius 2 is 1.80 bits per heavy atom. The summed E-state index contributed by atoms with van der Waals surface area (Å²) in [6, 6.07) is 15.6. The minimum Gasteiger partial charge on any atom is -0.489 e. The smallest absolute Gasteiger partial charge is 0.416 e. The lowest BCUT2D eigenvalue weighted by Gasteiger charge is -2.21. The van der Waals surface area contributed by atoms with Crippen molar-refractivity contribution in [3.8, 4) is 11.8 Å². The summed E-state index contributed by atoms with van der Waals surface area (Å²) in [4.78, 5) is 14.9. The van der Waals surface area contributed by atoms with Crippen molar-refractivity contribution in [2.45, 2.75) is 43.0 Å². The molecule has 0 aromatic heterocycles. The Labute approximate surface area is 235 Å². The Balaban J connectivity index is 1.40. The summed E-state index contributed by atoms with van der Waals surface area (Å²) >= 11 is 0. The Morgan fingerprint density at radius 3 is 2.39 bits per heavy atom. The summed E-state index contributed by atoms with van der Waals surface area (Å²) in [6.07, 6.45) is -4.29. The number of nitrogens with one attached hydrogen (secondary N) is 1. The van der Waals surface area contributed by atoms with Crippen LogP contribution in [0.2, 0.25) is 0 Å². The van der Waals surface area contributed by atoms with Gasteiger partial charge in [-0.05, 0) is 60.2 Å². The number of hydrogen-bond donors (Lipinski definition) is 1. The first-order valence-corrected chi connectivity index (χ1v) is 14.5. The molecule has 0 saturated carbocycles. The predicted molar refractivity (Wildman–Crippen MR) is 144 cm³/mol. The Kier molecular flexibility index (Phi) is 8.87. The minimum absolute atomic E-state index is 0.0652. The van der Waals surface area contributed by atoms with E-state index in [-0.39, 0.29) is 28.7 Å². The van der Waals surface area contributed by atoms with Crippen LogP contribution in [0, 0.1) is 17.1 Å². The Bertz CT molecular complexity index is 1540. The fourth-order valence-corrected chi connectivity index (χ4v) is 5.40. The van der Waals surface area contributed by atoms with E-state index in [1.165, 1.54) is 55.5 Å². The van der Waals surface area contributed by atoms with E-state index in [0.29, 0.717) is 36.5 Å². The molecule has 0 aliphatic carbocycles. The summed E-state index contributed by atoms with van der Waals surface area (Å²) in [5.41, 5.74) is 0.0254. The number of halogens is 4. The summed E-state index contributed by atoms with van der Waals surface area (Å²) in [7, 11) is -3.41. The fourth-order valence-electron chi connectivity index (χ4n) is 4.51. The van der Waals surface area contributed by atoms with Crippen LogP contribution in [0.25, 0.3) is 0 Å². The number of ether oxygens (including phenoxy) is 1. The van der Waals surface area contributed by atoms with Gasteiger partial charge in [-0.3, -0.25) is 4.79 Å². The van der Waals surface area contributed by atoms with Crippen LogP contribution in [-0.4, -0.2) is 39.3 Å². The maximum Gasteiger partial charge on any atom is 0.416 e. The van der Waals surface area contributed by atoms with Crippen molar-refractivity contribution < 1.29 is 35.5 Å². The molecule has 2 atom stereocenters. The molecule has 0 bridgehead atoms. The standard InChI is InChI=1S/C29H27F4N3O4S/c1-2-41(38,39)24-10-3-19(4-11-24)27(13-15-34)35-28(37)25-12-7-21(17-26(25)30)36-16-14-23(18-36)40-22-8-5-20(6-9-22)29(31,32)33/h3-12,17,23,27H,2,13-14,16,18H2,1H3,(H,35,37)/t23-,27+/m1/s1. The average Bonchev–Trinajstić information content (AvgIpc) is 3.41. The molecule has 216 valence electrons. The molecule has 0 spiro atoms. The molecule has 1 aliphatic rings. The maximum atomic E-state index is 15.1. The molecule has 0 unspecified atom stereocenters. The average molecular weight is 590 g/mol. The van der Waals surface area contributed by atoms with Gasteiger partial charge in [0.25, 0.3) is 5.91 Å². The van der Waals surface area contributed by atoms with Crippen LogP contribution < -0.4 is 15.0 Å². The zero-order valence-corrected chi connectivity index (χ0v) is 22.8. The summed E-state index contributed by atoms with van der Waals surface area (Å²) in [5.74, 6) is -1.27. The third-order valence-electron chi connectivity index (χ3n) is 6.81. The molecule has 41 heavy (non-hydrogen) atoms. The molecule has 1 aliphatic heterocycles. The van der Waals surface area contributed by atoms with Crippen molar-refractivity contribution in [1.82, 2.24) is 5.32 Å². The molecule has 1 amide bonds. The third kappa shape index (κ3) is 7.16. The zero-order chi connectivity index (χ0) is 29.8. The van der Waals surface area contributed by atoms with E-state index in [2.05, 4.69) is 5.32 Å². The van der Waals surface area contributed by atoms with Gasteiger partial charge in [0.1, 0.15) is 17.7 Å². The highest BCUT2D eigenvalue weighted by Gasteiger charge is 2.31. The zero-order valence-electron chi connectivity index (χ0n) is 22.0. The van der Waals surface area contributed by atoms with Gasteiger partial charge in [-0.1, -0.05) is 19.1 Å². The molecule has 3 aromatic rings. The van der Waals surface area contributed by atoms with E-state index in [4.69, 9.17) is 4.74 Å². The first-order valence-electron chi connectivity index (χ1n) is 12.8. The van der Waals surface area contributed by atoms with E-state index < -0.39 is 39.3 Å². The van der Waals surface area contributed by atoms with Crippen molar-refractivity contribution in [3.05, 3.63) is 89.2 Å². The van der Waals surface area contributed by atoms with Gasteiger partial charge in [-0.15, -0.1) is 0 Å². The SMILES string of the molecule is CCS(=O)(=O)c1ccc([C@H](CC#N)NC(=O)c2ccc(N3CC[C@@H](Oc4ccc(C(F)(F)F)cc4)C3)cc2F)cc1. The van der Waals surface area contributed by atoms with Crippen molar-refractivity contribution in [3.63, 3.8) is 0 Å². The molecule has 1 saturated heterocycles. The molecule has 7 nitrogen and oxygen atoms in total. The van der Waals surface area contributed by atoms with Crippen molar-refractivity contribution in [1.29, 1.82) is 5.26 Å². The molecular weight excluding hydrogens is 562 g/mol. The van der Waals surface area contributed by atoms with Gasteiger partial charge in [0.15, 0.2) is 9.84 Å². The Hall–Kier alpha value is -4.11. The lowest BCUT2D eigenvalue weighted by molar-refractivity contribution is -0.137. The first-order chi connectivity index (χ1) is 19.4. The molecule has 1 N–H and O–H groups in total. The largest absolute Gasteiger partial charge is 0.489 e. The van der Waals surface area contributed by atoms with Gasteiger partial charge >= 0.3 is 6.18 Å². The number of benzene rings is 3. The van der Waals surface area contributed by atoms with Crippen LogP contribution in [0.3, 0.4) is 0 Å². The molecular formula is C29H27F4N3O4S. The number of alkyl halides is 3. The Morgan fingerprint density at radius 1 is 1.12 bits per heavy atom. The van der Waals surface area contributed by atoms with Crippen molar-refractivity contribution in [2.24, 2.45) is 0 Å². The number of carbonyl (C=O) groups is 1. The summed E-state index contributed by atoms with van der Waals surface area (Å²) in [5, 5.41) is 11.9. The predicted octanol–water partition coefficient (Wildman–Crippen LogP) is 5.68. The molecule has 3 aromatic carbocycles. The van der Waals surface area contributed by atoms with Crippen molar-refractivity contribution in [2.75, 3.05) is 23.7 Å². The first kappa shape index (κ1) is 29.9. The lowest BCUT2D eigenvalue weighted by atomic mass is 10.0. The highest BCUT2D eigenvalue weighted by atomic mass is 32.2. The van der Waals surface area contributed by atoms with Crippen LogP contribution in [0.4, 0.5) is 23.2 Å².